The van der Waals surface area contributed by atoms with Crippen LogP contribution in [0.15, 0.2) is 0 Å². The van der Waals surface area contributed by atoms with E-state index in [1.807, 2.05) is 0 Å². The molecule has 0 aromatic rings. The van der Waals surface area contributed by atoms with E-state index in [0.29, 0.717) is 10.8 Å². The lowest BCUT2D eigenvalue weighted by molar-refractivity contribution is 0.0373. The summed E-state index contributed by atoms with van der Waals surface area (Å²) in [6.07, 6.45) is 5.75. The third-order valence-electron chi connectivity index (χ3n) is 4.04. The van der Waals surface area contributed by atoms with Crippen molar-refractivity contribution in [2.45, 2.75) is 60.3 Å². The van der Waals surface area contributed by atoms with Gasteiger partial charge in [0.25, 0.3) is 0 Å². The smallest absolute Gasteiger partial charge is 0.0275 e. The highest BCUT2D eigenvalue weighted by molar-refractivity contribution is 4.90. The van der Waals surface area contributed by atoms with Crippen LogP contribution in [-0.4, -0.2) is 0 Å². The van der Waals surface area contributed by atoms with Crippen LogP contribution in [0, 0.1) is 16.7 Å². The number of rotatable bonds is 0. The van der Waals surface area contributed by atoms with Gasteiger partial charge >= 0.3 is 0 Å². The van der Waals surface area contributed by atoms with Crippen molar-refractivity contribution in [2.75, 3.05) is 0 Å². The Balaban J connectivity index is 2.70. The number of hydrogen-bond acceptors (Lipinski definition) is 0. The first-order valence-electron chi connectivity index (χ1n) is 5.35. The molecule has 0 aromatic carbocycles. The third kappa shape index (κ3) is 1.84. The molecule has 0 aromatic heterocycles. The highest BCUT2D eigenvalue weighted by Crippen LogP contribution is 2.50. The predicted octanol–water partition coefficient (Wildman–Crippen LogP) is 4.25. The topological polar surface area (TPSA) is 0 Å². The zero-order chi connectivity index (χ0) is 9.41. The molecule has 0 N–H and O–H groups in total. The molecule has 12 heavy (non-hydrogen) atoms. The average molecular weight is 168 g/mol. The fourth-order valence-electron chi connectivity index (χ4n) is 2.50. The summed E-state index contributed by atoms with van der Waals surface area (Å²) in [6.45, 7) is 12.1. The fraction of sp³-hybridized carbons (Fsp3) is 1.00. The van der Waals surface area contributed by atoms with E-state index < -0.39 is 0 Å². The van der Waals surface area contributed by atoms with E-state index in [2.05, 4.69) is 34.6 Å². The molecule has 1 fully saturated rings. The summed E-state index contributed by atoms with van der Waals surface area (Å²) >= 11 is 0. The van der Waals surface area contributed by atoms with Crippen molar-refractivity contribution in [3.8, 4) is 0 Å². The van der Waals surface area contributed by atoms with E-state index in [1.54, 1.807) is 0 Å². The molecule has 0 saturated heterocycles. The molecule has 0 bridgehead atoms. The van der Waals surface area contributed by atoms with Gasteiger partial charge in [-0.25, -0.2) is 0 Å². The predicted molar refractivity (Wildman–Crippen MR) is 55.2 cm³/mol. The van der Waals surface area contributed by atoms with E-state index >= 15 is 0 Å². The molecule has 72 valence electrons. The zero-order valence-corrected chi connectivity index (χ0v) is 9.41. The summed E-state index contributed by atoms with van der Waals surface area (Å²) in [5.74, 6) is 0.947. The first-order chi connectivity index (χ1) is 5.35. The van der Waals surface area contributed by atoms with Crippen LogP contribution in [-0.2, 0) is 0 Å². The minimum atomic E-state index is 0.488. The van der Waals surface area contributed by atoms with Gasteiger partial charge in [0.15, 0.2) is 0 Å². The van der Waals surface area contributed by atoms with Crippen LogP contribution in [0.3, 0.4) is 0 Å². The van der Waals surface area contributed by atoms with Crippen LogP contribution in [0.25, 0.3) is 0 Å². The van der Waals surface area contributed by atoms with E-state index in [4.69, 9.17) is 0 Å². The Morgan fingerprint density at radius 2 is 1.83 bits per heavy atom. The highest BCUT2D eigenvalue weighted by Gasteiger charge is 2.39. The maximum Gasteiger partial charge on any atom is -0.0275 e. The van der Waals surface area contributed by atoms with Crippen LogP contribution in [0.2, 0.25) is 0 Å². The lowest BCUT2D eigenvalue weighted by atomic mass is 9.58. The second-order valence-electron chi connectivity index (χ2n) is 6.01. The Hall–Kier alpha value is 0. The first-order valence-corrected chi connectivity index (χ1v) is 5.35. The molecule has 0 amide bonds. The summed E-state index contributed by atoms with van der Waals surface area (Å²) in [5.41, 5.74) is 1.08. The Morgan fingerprint density at radius 3 is 2.17 bits per heavy atom. The highest BCUT2D eigenvalue weighted by atomic mass is 14.4. The molecule has 0 heterocycles. The Morgan fingerprint density at radius 1 is 1.25 bits per heavy atom. The van der Waals surface area contributed by atoms with E-state index in [9.17, 15) is 0 Å². The Labute approximate surface area is 77.7 Å². The van der Waals surface area contributed by atoms with Gasteiger partial charge in [-0.3, -0.25) is 0 Å². The Bertz CT molecular complexity index is 152. The monoisotopic (exact) mass is 168 g/mol. The number of hydrogen-bond donors (Lipinski definition) is 0. The molecule has 1 rings (SSSR count). The molecule has 1 aliphatic rings. The minimum Gasteiger partial charge on any atom is -0.0625 e. The molecule has 2 atom stereocenters. The van der Waals surface area contributed by atoms with Gasteiger partial charge in [0.1, 0.15) is 0 Å². The maximum atomic E-state index is 2.47. The SMILES string of the molecule is CC1CCCC(C)(C(C)(C)C)C1. The molecule has 0 nitrogen and oxygen atoms in total. The van der Waals surface area contributed by atoms with Crippen molar-refractivity contribution in [1.82, 2.24) is 0 Å². The standard InChI is InChI=1S/C12H24/c1-10-7-6-8-12(5,9-10)11(2,3)4/h10H,6-9H2,1-5H3. The van der Waals surface area contributed by atoms with Crippen molar-refractivity contribution in [1.29, 1.82) is 0 Å². The second-order valence-corrected chi connectivity index (χ2v) is 6.01. The van der Waals surface area contributed by atoms with Crippen molar-refractivity contribution in [3.05, 3.63) is 0 Å². The van der Waals surface area contributed by atoms with Gasteiger partial charge in [-0.2, -0.15) is 0 Å². The summed E-state index contributed by atoms with van der Waals surface area (Å²) < 4.78 is 0. The molecule has 0 radical (unpaired) electrons. The minimum absolute atomic E-state index is 0.488. The fourth-order valence-corrected chi connectivity index (χ4v) is 2.50. The quantitative estimate of drug-likeness (QED) is 0.507. The zero-order valence-electron chi connectivity index (χ0n) is 9.41. The largest absolute Gasteiger partial charge is 0.0625 e. The van der Waals surface area contributed by atoms with Gasteiger partial charge in [-0.15, -0.1) is 0 Å². The van der Waals surface area contributed by atoms with Crippen LogP contribution >= 0.6 is 0 Å². The van der Waals surface area contributed by atoms with E-state index in [0.717, 1.165) is 5.92 Å². The van der Waals surface area contributed by atoms with Crippen molar-refractivity contribution >= 4 is 0 Å². The Kier molecular flexibility index (Phi) is 2.56. The normalized spacial score (nSPS) is 38.2. The molecular weight excluding hydrogens is 144 g/mol. The molecular formula is C12H24. The molecule has 0 spiro atoms. The van der Waals surface area contributed by atoms with Crippen LogP contribution < -0.4 is 0 Å². The van der Waals surface area contributed by atoms with Gasteiger partial charge in [-0.1, -0.05) is 47.5 Å². The first kappa shape index (κ1) is 10.1. The second kappa shape index (κ2) is 3.05. The molecule has 0 aliphatic heterocycles. The van der Waals surface area contributed by atoms with Crippen LogP contribution in [0.5, 0.6) is 0 Å². The lowest BCUT2D eigenvalue weighted by Crippen LogP contribution is -2.36. The summed E-state index contributed by atoms with van der Waals surface area (Å²) in [6, 6.07) is 0. The lowest BCUT2D eigenvalue weighted by Gasteiger charge is -2.47. The van der Waals surface area contributed by atoms with Gasteiger partial charge in [-0.05, 0) is 29.6 Å². The average Bonchev–Trinajstić information content (AvgIpc) is 1.83. The van der Waals surface area contributed by atoms with Gasteiger partial charge in [0, 0.05) is 0 Å². The third-order valence-corrected chi connectivity index (χ3v) is 4.04. The van der Waals surface area contributed by atoms with Gasteiger partial charge in [0.05, 0.1) is 0 Å². The molecule has 1 saturated carbocycles. The maximum absolute atomic E-state index is 2.47. The molecule has 0 heteroatoms. The molecule has 2 unspecified atom stereocenters. The van der Waals surface area contributed by atoms with Gasteiger partial charge < -0.3 is 0 Å². The van der Waals surface area contributed by atoms with Crippen LogP contribution in [0.4, 0.5) is 0 Å². The molecule has 1 aliphatic carbocycles. The van der Waals surface area contributed by atoms with Gasteiger partial charge in [0.2, 0.25) is 0 Å². The summed E-state index contributed by atoms with van der Waals surface area (Å²) in [5, 5.41) is 0. The van der Waals surface area contributed by atoms with Crippen LogP contribution in [0.1, 0.15) is 60.3 Å². The summed E-state index contributed by atoms with van der Waals surface area (Å²) in [7, 11) is 0. The van der Waals surface area contributed by atoms with E-state index in [1.165, 1.54) is 25.7 Å². The van der Waals surface area contributed by atoms with Crippen molar-refractivity contribution in [2.24, 2.45) is 16.7 Å². The van der Waals surface area contributed by atoms with Crippen molar-refractivity contribution < 1.29 is 0 Å². The van der Waals surface area contributed by atoms with Crippen molar-refractivity contribution in [3.63, 3.8) is 0 Å². The summed E-state index contributed by atoms with van der Waals surface area (Å²) in [4.78, 5) is 0. The van der Waals surface area contributed by atoms with E-state index in [-0.39, 0.29) is 0 Å².